The van der Waals surface area contributed by atoms with Crippen LogP contribution in [0.1, 0.15) is 35.7 Å². The van der Waals surface area contributed by atoms with Gasteiger partial charge in [0.25, 0.3) is 0 Å². The Balaban J connectivity index is 2.05. The molecule has 1 saturated carbocycles. The first-order valence-corrected chi connectivity index (χ1v) is 6.04. The Morgan fingerprint density at radius 1 is 1.29 bits per heavy atom. The van der Waals surface area contributed by atoms with Crippen LogP contribution >= 0.6 is 0 Å². The minimum absolute atomic E-state index is 0.0125. The molecule has 0 saturated heterocycles. The third-order valence-corrected chi connectivity index (χ3v) is 3.22. The Labute approximate surface area is 101 Å². The summed E-state index contributed by atoms with van der Waals surface area (Å²) in [5.41, 5.74) is 4.32. The number of aromatic nitrogens is 2. The average Bonchev–Trinajstić information content (AvgIpc) is 3.10. The Bertz CT molecular complexity index is 524. The van der Waals surface area contributed by atoms with Crippen molar-refractivity contribution in [1.82, 2.24) is 9.78 Å². The Morgan fingerprint density at radius 3 is 2.59 bits per heavy atom. The van der Waals surface area contributed by atoms with Crippen LogP contribution in [0.15, 0.2) is 30.3 Å². The van der Waals surface area contributed by atoms with Gasteiger partial charge in [0.1, 0.15) is 0 Å². The highest BCUT2D eigenvalue weighted by Crippen LogP contribution is 2.41. The van der Waals surface area contributed by atoms with Gasteiger partial charge in [0, 0.05) is 11.6 Å². The molecule has 1 aliphatic rings. The van der Waals surface area contributed by atoms with Crippen LogP contribution in [-0.2, 0) is 6.61 Å². The number of nitrogens with zero attached hydrogens (tertiary/aromatic N) is 2. The van der Waals surface area contributed by atoms with Crippen LogP contribution in [0.25, 0.3) is 5.69 Å². The highest BCUT2D eigenvalue weighted by atomic mass is 16.3. The molecule has 1 aliphatic carbocycles. The van der Waals surface area contributed by atoms with Crippen molar-refractivity contribution in [3.63, 3.8) is 0 Å². The fourth-order valence-electron chi connectivity index (χ4n) is 2.09. The van der Waals surface area contributed by atoms with E-state index in [0.29, 0.717) is 5.92 Å². The Hall–Kier alpha value is -1.61. The zero-order valence-electron chi connectivity index (χ0n) is 9.93. The molecule has 1 aromatic heterocycles. The molecule has 0 radical (unpaired) electrons. The van der Waals surface area contributed by atoms with Gasteiger partial charge in [0.2, 0.25) is 0 Å². The molecule has 0 unspecified atom stereocenters. The van der Waals surface area contributed by atoms with Crippen LogP contribution in [0.2, 0.25) is 0 Å². The monoisotopic (exact) mass is 228 g/mol. The number of aryl methyl sites for hydroxylation is 1. The van der Waals surface area contributed by atoms with E-state index in [-0.39, 0.29) is 6.61 Å². The fraction of sp³-hybridized carbons (Fsp3) is 0.357. The maximum absolute atomic E-state index is 9.19. The van der Waals surface area contributed by atoms with Gasteiger partial charge in [-0.05, 0) is 38.0 Å². The molecule has 1 heterocycles. The van der Waals surface area contributed by atoms with Crippen molar-refractivity contribution in [1.29, 1.82) is 0 Å². The summed E-state index contributed by atoms with van der Waals surface area (Å²) in [5, 5.41) is 13.6. The van der Waals surface area contributed by atoms with E-state index in [1.165, 1.54) is 24.1 Å². The summed E-state index contributed by atoms with van der Waals surface area (Å²) in [6.07, 6.45) is 2.48. The first kappa shape index (κ1) is 10.5. The maximum Gasteiger partial charge on any atom is 0.0886 e. The number of rotatable bonds is 3. The zero-order valence-corrected chi connectivity index (χ0v) is 9.93. The average molecular weight is 228 g/mol. The van der Waals surface area contributed by atoms with Gasteiger partial charge in [-0.1, -0.05) is 17.7 Å². The maximum atomic E-state index is 9.19. The van der Waals surface area contributed by atoms with Gasteiger partial charge in [0.15, 0.2) is 0 Å². The lowest BCUT2D eigenvalue weighted by molar-refractivity contribution is 0.276. The first-order valence-electron chi connectivity index (χ1n) is 6.04. The molecule has 1 aromatic carbocycles. The number of benzene rings is 1. The van der Waals surface area contributed by atoms with Gasteiger partial charge in [-0.25, -0.2) is 4.68 Å². The molecule has 0 atom stereocenters. The van der Waals surface area contributed by atoms with E-state index in [4.69, 9.17) is 0 Å². The number of aliphatic hydroxyl groups excluding tert-OH is 1. The van der Waals surface area contributed by atoms with E-state index in [2.05, 4.69) is 36.3 Å². The quantitative estimate of drug-likeness (QED) is 0.876. The number of aliphatic hydroxyl groups is 1. The van der Waals surface area contributed by atoms with Gasteiger partial charge in [-0.15, -0.1) is 0 Å². The molecular weight excluding hydrogens is 212 g/mol. The van der Waals surface area contributed by atoms with E-state index in [9.17, 15) is 5.11 Å². The molecule has 3 heteroatoms. The molecule has 1 N–H and O–H groups in total. The lowest BCUT2D eigenvalue weighted by atomic mass is 10.2. The van der Waals surface area contributed by atoms with Crippen LogP contribution < -0.4 is 0 Å². The van der Waals surface area contributed by atoms with E-state index in [1.807, 2.05) is 10.7 Å². The summed E-state index contributed by atoms with van der Waals surface area (Å²) in [6.45, 7) is 2.09. The van der Waals surface area contributed by atoms with Crippen LogP contribution in [0.5, 0.6) is 0 Å². The van der Waals surface area contributed by atoms with E-state index in [1.54, 1.807) is 0 Å². The molecular formula is C14H16N2O. The minimum Gasteiger partial charge on any atom is -0.390 e. The molecule has 17 heavy (non-hydrogen) atoms. The van der Waals surface area contributed by atoms with Crippen LogP contribution in [0.4, 0.5) is 0 Å². The third kappa shape index (κ3) is 1.98. The lowest BCUT2D eigenvalue weighted by Crippen LogP contribution is -2.01. The molecule has 1 fully saturated rings. The van der Waals surface area contributed by atoms with Gasteiger partial charge in [0.05, 0.1) is 18.0 Å². The van der Waals surface area contributed by atoms with Gasteiger partial charge >= 0.3 is 0 Å². The molecule has 3 rings (SSSR count). The largest absolute Gasteiger partial charge is 0.390 e. The number of hydrogen-bond acceptors (Lipinski definition) is 2. The SMILES string of the molecule is Cc1ccc(-n2nc(CO)cc2C2CC2)cc1. The summed E-state index contributed by atoms with van der Waals surface area (Å²) in [6, 6.07) is 10.4. The third-order valence-electron chi connectivity index (χ3n) is 3.22. The van der Waals surface area contributed by atoms with Gasteiger partial charge in [-0.3, -0.25) is 0 Å². The summed E-state index contributed by atoms with van der Waals surface area (Å²) in [4.78, 5) is 0. The van der Waals surface area contributed by atoms with E-state index >= 15 is 0 Å². The second-order valence-electron chi connectivity index (χ2n) is 4.74. The first-order chi connectivity index (χ1) is 8.28. The van der Waals surface area contributed by atoms with Crippen LogP contribution in [0.3, 0.4) is 0 Å². The van der Waals surface area contributed by atoms with Crippen LogP contribution in [0, 0.1) is 6.92 Å². The Kier molecular flexibility index (Phi) is 2.48. The van der Waals surface area contributed by atoms with E-state index in [0.717, 1.165) is 11.4 Å². The second kappa shape index (κ2) is 4.00. The summed E-state index contributed by atoms with van der Waals surface area (Å²) >= 11 is 0. The highest BCUT2D eigenvalue weighted by molar-refractivity contribution is 5.37. The van der Waals surface area contributed by atoms with Crippen molar-refractivity contribution < 1.29 is 5.11 Å². The lowest BCUT2D eigenvalue weighted by Gasteiger charge is -2.06. The molecule has 0 bridgehead atoms. The van der Waals surface area contributed by atoms with Crippen molar-refractivity contribution in [2.75, 3.05) is 0 Å². The molecule has 0 spiro atoms. The predicted octanol–water partition coefficient (Wildman–Crippen LogP) is 2.55. The second-order valence-corrected chi connectivity index (χ2v) is 4.74. The summed E-state index contributed by atoms with van der Waals surface area (Å²) < 4.78 is 1.97. The zero-order chi connectivity index (χ0) is 11.8. The number of hydrogen-bond donors (Lipinski definition) is 1. The topological polar surface area (TPSA) is 38.0 Å². The molecule has 0 aliphatic heterocycles. The van der Waals surface area contributed by atoms with Crippen molar-refractivity contribution in [2.45, 2.75) is 32.3 Å². The van der Waals surface area contributed by atoms with Crippen molar-refractivity contribution >= 4 is 0 Å². The summed E-state index contributed by atoms with van der Waals surface area (Å²) in [5.74, 6) is 0.629. The van der Waals surface area contributed by atoms with Crippen LogP contribution in [-0.4, -0.2) is 14.9 Å². The smallest absolute Gasteiger partial charge is 0.0886 e. The highest BCUT2D eigenvalue weighted by Gasteiger charge is 2.28. The molecule has 3 nitrogen and oxygen atoms in total. The Morgan fingerprint density at radius 2 is 2.00 bits per heavy atom. The van der Waals surface area contributed by atoms with Crippen molar-refractivity contribution in [3.8, 4) is 5.69 Å². The van der Waals surface area contributed by atoms with Gasteiger partial charge < -0.3 is 5.11 Å². The minimum atomic E-state index is 0.0125. The standard InChI is InChI=1S/C14H16N2O/c1-10-2-6-13(7-3-10)16-14(11-4-5-11)8-12(9-17)15-16/h2-3,6-8,11,17H,4-5,9H2,1H3. The summed E-state index contributed by atoms with van der Waals surface area (Å²) in [7, 11) is 0. The molecule has 88 valence electrons. The predicted molar refractivity (Wildman–Crippen MR) is 66.2 cm³/mol. The molecule has 0 amide bonds. The van der Waals surface area contributed by atoms with Gasteiger partial charge in [-0.2, -0.15) is 5.10 Å². The fourth-order valence-corrected chi connectivity index (χ4v) is 2.09. The van der Waals surface area contributed by atoms with E-state index < -0.39 is 0 Å². The van der Waals surface area contributed by atoms with Crippen molar-refractivity contribution in [3.05, 3.63) is 47.3 Å². The molecule has 2 aromatic rings. The van der Waals surface area contributed by atoms with Crippen molar-refractivity contribution in [2.24, 2.45) is 0 Å². The normalized spacial score (nSPS) is 15.2.